The van der Waals surface area contributed by atoms with Crippen molar-refractivity contribution in [1.29, 1.82) is 0 Å². The maximum Gasteiger partial charge on any atom is 0.329 e. The smallest absolute Gasteiger partial charge is 0.329 e. The molecule has 0 fully saturated rings. The average molecular weight is 391 g/mol. The second kappa shape index (κ2) is 7.60. The summed E-state index contributed by atoms with van der Waals surface area (Å²) < 4.78 is 6.69. The van der Waals surface area contributed by atoms with Crippen LogP contribution in [0.5, 0.6) is 0 Å². The molecule has 0 aliphatic rings. The Morgan fingerprint density at radius 2 is 2.00 bits per heavy atom. The van der Waals surface area contributed by atoms with E-state index < -0.39 is 12.0 Å². The van der Waals surface area contributed by atoms with Gasteiger partial charge in [0.15, 0.2) is 0 Å². The zero-order chi connectivity index (χ0) is 18.8. The largest absolute Gasteiger partial charge is 0.461 e. The fourth-order valence-electron chi connectivity index (χ4n) is 2.56. The first kappa shape index (κ1) is 18.6. The third kappa shape index (κ3) is 3.52. The molecular formula is C19H19ClN2O3S. The number of halogens is 1. The highest BCUT2D eigenvalue weighted by Gasteiger charge is 2.22. The van der Waals surface area contributed by atoms with Crippen LogP contribution in [0.3, 0.4) is 0 Å². The lowest BCUT2D eigenvalue weighted by Gasteiger charge is -2.17. The lowest BCUT2D eigenvalue weighted by molar-refractivity contribution is -0.152. The van der Waals surface area contributed by atoms with Gasteiger partial charge in [-0.3, -0.25) is 9.36 Å². The highest BCUT2D eigenvalue weighted by atomic mass is 35.5. The number of thiophene rings is 1. The first-order valence-corrected chi connectivity index (χ1v) is 9.63. The molecule has 0 N–H and O–H groups in total. The van der Waals surface area contributed by atoms with E-state index in [9.17, 15) is 9.59 Å². The number of hydrogen-bond acceptors (Lipinski definition) is 5. The van der Waals surface area contributed by atoms with E-state index in [0.29, 0.717) is 15.2 Å². The molecule has 0 saturated carbocycles. The van der Waals surface area contributed by atoms with E-state index in [1.807, 2.05) is 31.4 Å². The molecule has 3 rings (SSSR count). The molecule has 136 valence electrons. The molecule has 0 aliphatic carbocycles. The van der Waals surface area contributed by atoms with Gasteiger partial charge in [0, 0.05) is 16.0 Å². The van der Waals surface area contributed by atoms with Gasteiger partial charge in [0.25, 0.3) is 5.56 Å². The maximum atomic E-state index is 13.0. The summed E-state index contributed by atoms with van der Waals surface area (Å²) in [5, 5.41) is 3.03. The van der Waals surface area contributed by atoms with E-state index >= 15 is 0 Å². The Morgan fingerprint density at radius 3 is 2.65 bits per heavy atom. The van der Waals surface area contributed by atoms with Crippen molar-refractivity contribution in [3.05, 3.63) is 51.3 Å². The van der Waals surface area contributed by atoms with Gasteiger partial charge in [-0.2, -0.15) is 0 Å². The highest BCUT2D eigenvalue weighted by molar-refractivity contribution is 7.17. The molecule has 26 heavy (non-hydrogen) atoms. The topological polar surface area (TPSA) is 61.2 Å². The molecule has 7 heteroatoms. The van der Waals surface area contributed by atoms with Crippen molar-refractivity contribution in [3.8, 4) is 11.1 Å². The van der Waals surface area contributed by atoms with Gasteiger partial charge in [0.1, 0.15) is 10.9 Å². The van der Waals surface area contributed by atoms with Crippen molar-refractivity contribution in [1.82, 2.24) is 9.55 Å². The molecule has 0 amide bonds. The number of aromatic nitrogens is 2. The Balaban J connectivity index is 2.05. The first-order chi connectivity index (χ1) is 12.4. The Kier molecular flexibility index (Phi) is 5.44. The molecule has 3 aromatic rings. The van der Waals surface area contributed by atoms with Crippen LogP contribution in [-0.4, -0.2) is 21.6 Å². The third-order valence-corrected chi connectivity index (χ3v) is 5.46. The van der Waals surface area contributed by atoms with Gasteiger partial charge < -0.3 is 4.74 Å². The second-order valence-corrected chi connectivity index (χ2v) is 7.42. The minimum absolute atomic E-state index is 0.192. The summed E-state index contributed by atoms with van der Waals surface area (Å²) in [7, 11) is 0. The highest BCUT2D eigenvalue weighted by Crippen LogP contribution is 2.31. The summed E-state index contributed by atoms with van der Waals surface area (Å²) in [6.45, 7) is 5.41. The number of carbonyl (C=O) groups excluding carboxylic acids is 1. The summed E-state index contributed by atoms with van der Waals surface area (Å²) in [4.78, 5) is 30.4. The molecule has 2 atom stereocenters. The summed E-state index contributed by atoms with van der Waals surface area (Å²) >= 11 is 7.35. The van der Waals surface area contributed by atoms with Crippen LogP contribution in [0.4, 0.5) is 0 Å². The van der Waals surface area contributed by atoms with E-state index in [2.05, 4.69) is 4.98 Å². The van der Waals surface area contributed by atoms with Crippen molar-refractivity contribution in [3.63, 3.8) is 0 Å². The zero-order valence-electron chi connectivity index (χ0n) is 14.7. The standard InChI is InChI=1S/C19H19ClN2O3S/c1-4-11(2)25-19(24)12(3)22-10-21-17-16(18(22)23)15(9-26-17)13-5-7-14(20)8-6-13/h5-12H,4H2,1-3H3/t11-,12+/m0/s1. The van der Waals surface area contributed by atoms with Gasteiger partial charge in [-0.05, 0) is 38.0 Å². The predicted octanol–water partition coefficient (Wildman–Crippen LogP) is 4.68. The van der Waals surface area contributed by atoms with Crippen LogP contribution in [0.25, 0.3) is 21.3 Å². The van der Waals surface area contributed by atoms with E-state index in [0.717, 1.165) is 17.5 Å². The first-order valence-electron chi connectivity index (χ1n) is 8.37. The molecule has 2 aromatic heterocycles. The molecule has 0 aliphatic heterocycles. The average Bonchev–Trinajstić information content (AvgIpc) is 3.07. The monoisotopic (exact) mass is 390 g/mol. The van der Waals surface area contributed by atoms with E-state index in [-0.39, 0.29) is 11.7 Å². The number of fused-ring (bicyclic) bond motifs is 1. The van der Waals surface area contributed by atoms with Crippen LogP contribution in [0.2, 0.25) is 5.02 Å². The molecule has 0 unspecified atom stereocenters. The Morgan fingerprint density at radius 1 is 1.31 bits per heavy atom. The van der Waals surface area contributed by atoms with Gasteiger partial charge in [0.2, 0.25) is 0 Å². The van der Waals surface area contributed by atoms with Gasteiger partial charge in [-0.25, -0.2) is 9.78 Å². The number of hydrogen-bond donors (Lipinski definition) is 0. The Labute approximate surface area is 160 Å². The summed E-state index contributed by atoms with van der Waals surface area (Å²) in [6.07, 6.45) is 1.94. The molecule has 2 heterocycles. The van der Waals surface area contributed by atoms with Crippen LogP contribution in [-0.2, 0) is 9.53 Å². The fourth-order valence-corrected chi connectivity index (χ4v) is 3.59. The number of benzene rings is 1. The predicted molar refractivity (Wildman–Crippen MR) is 105 cm³/mol. The van der Waals surface area contributed by atoms with Crippen LogP contribution < -0.4 is 5.56 Å². The van der Waals surface area contributed by atoms with Crippen LogP contribution in [0.15, 0.2) is 40.8 Å². The van der Waals surface area contributed by atoms with Gasteiger partial charge in [-0.1, -0.05) is 30.7 Å². The fraction of sp³-hybridized carbons (Fsp3) is 0.316. The summed E-state index contributed by atoms with van der Waals surface area (Å²) in [5.74, 6) is -0.439. The molecule has 0 radical (unpaired) electrons. The van der Waals surface area contributed by atoms with E-state index in [1.165, 1.54) is 22.2 Å². The second-order valence-electron chi connectivity index (χ2n) is 6.13. The molecule has 0 saturated heterocycles. The van der Waals surface area contributed by atoms with Crippen LogP contribution in [0.1, 0.15) is 33.2 Å². The number of esters is 1. The van der Waals surface area contributed by atoms with Gasteiger partial charge in [0.05, 0.1) is 17.8 Å². The molecular weight excluding hydrogens is 372 g/mol. The van der Waals surface area contributed by atoms with Gasteiger partial charge >= 0.3 is 5.97 Å². The number of carbonyl (C=O) groups is 1. The number of ether oxygens (including phenoxy) is 1. The Bertz CT molecular complexity index is 994. The third-order valence-electron chi connectivity index (χ3n) is 4.33. The quantitative estimate of drug-likeness (QED) is 0.593. The van der Waals surface area contributed by atoms with Crippen molar-refractivity contribution >= 4 is 39.1 Å². The minimum Gasteiger partial charge on any atom is -0.461 e. The lowest BCUT2D eigenvalue weighted by atomic mass is 10.1. The number of nitrogens with zero attached hydrogens (tertiary/aromatic N) is 2. The molecule has 1 aromatic carbocycles. The van der Waals surface area contributed by atoms with E-state index in [1.54, 1.807) is 19.1 Å². The lowest BCUT2D eigenvalue weighted by Crippen LogP contribution is -2.31. The normalized spacial score (nSPS) is 13.5. The van der Waals surface area contributed by atoms with Crippen molar-refractivity contribution in [2.45, 2.75) is 39.3 Å². The van der Waals surface area contributed by atoms with Gasteiger partial charge in [-0.15, -0.1) is 11.3 Å². The minimum atomic E-state index is -0.744. The molecule has 0 bridgehead atoms. The van der Waals surface area contributed by atoms with Crippen molar-refractivity contribution in [2.75, 3.05) is 0 Å². The number of rotatable bonds is 5. The Hall–Kier alpha value is -2.18. The maximum absolute atomic E-state index is 13.0. The van der Waals surface area contributed by atoms with Crippen molar-refractivity contribution < 1.29 is 9.53 Å². The van der Waals surface area contributed by atoms with Crippen LogP contribution in [0, 0.1) is 0 Å². The van der Waals surface area contributed by atoms with E-state index in [4.69, 9.17) is 16.3 Å². The summed E-state index contributed by atoms with van der Waals surface area (Å²) in [5.41, 5.74) is 1.41. The SMILES string of the molecule is CC[C@H](C)OC(=O)[C@@H](C)n1cnc2scc(-c3ccc(Cl)cc3)c2c1=O. The summed E-state index contributed by atoms with van der Waals surface area (Å²) in [6, 6.07) is 6.54. The molecule has 5 nitrogen and oxygen atoms in total. The zero-order valence-corrected chi connectivity index (χ0v) is 16.3. The van der Waals surface area contributed by atoms with Crippen molar-refractivity contribution in [2.24, 2.45) is 0 Å². The van der Waals surface area contributed by atoms with Crippen LogP contribution >= 0.6 is 22.9 Å². The molecule has 0 spiro atoms.